The zero-order valence-corrected chi connectivity index (χ0v) is 17.5. The van der Waals surface area contributed by atoms with E-state index in [4.69, 9.17) is 19.9 Å². The monoisotopic (exact) mass is 441 g/mol. The van der Waals surface area contributed by atoms with Gasteiger partial charge in [0.15, 0.2) is 11.5 Å². The fourth-order valence-electron chi connectivity index (χ4n) is 3.37. The summed E-state index contributed by atoms with van der Waals surface area (Å²) in [5.41, 5.74) is 7.77. The molecule has 0 spiro atoms. The van der Waals surface area contributed by atoms with Gasteiger partial charge in [-0.05, 0) is 49.1 Å². The van der Waals surface area contributed by atoms with Crippen LogP contribution in [0.25, 0.3) is 11.3 Å². The van der Waals surface area contributed by atoms with Crippen molar-refractivity contribution in [3.63, 3.8) is 0 Å². The molecule has 9 heteroatoms. The van der Waals surface area contributed by atoms with E-state index in [1.165, 1.54) is 0 Å². The smallest absolute Gasteiger partial charge is 0.242 e. The molecule has 1 atom stereocenters. The molecule has 1 fully saturated rings. The van der Waals surface area contributed by atoms with E-state index in [-0.39, 0.29) is 36.6 Å². The van der Waals surface area contributed by atoms with E-state index < -0.39 is 6.04 Å². The first kappa shape index (κ1) is 23.2. The molecule has 1 amide bonds. The summed E-state index contributed by atoms with van der Waals surface area (Å²) < 4.78 is 16.5. The van der Waals surface area contributed by atoms with Gasteiger partial charge >= 0.3 is 0 Å². The highest BCUT2D eigenvalue weighted by Crippen LogP contribution is 2.34. The number of carbonyl (C=O) groups is 1. The molecule has 4 rings (SSSR count). The molecular formula is C20H25Cl2N3O4. The molecule has 1 unspecified atom stereocenters. The third-order valence-corrected chi connectivity index (χ3v) is 4.91. The molecular weight excluding hydrogens is 417 g/mol. The quantitative estimate of drug-likeness (QED) is 0.756. The predicted octanol–water partition coefficient (Wildman–Crippen LogP) is 3.06. The topological polar surface area (TPSA) is 95.7 Å². The van der Waals surface area contributed by atoms with Crippen LogP contribution >= 0.6 is 24.8 Å². The number of fused-ring (bicyclic) bond motifs is 1. The van der Waals surface area contributed by atoms with Gasteiger partial charge in [0.2, 0.25) is 5.91 Å². The highest BCUT2D eigenvalue weighted by molar-refractivity contribution is 5.94. The van der Waals surface area contributed by atoms with Gasteiger partial charge in [0, 0.05) is 18.8 Å². The number of carbonyl (C=O) groups excluding carboxylic acids is 1. The Labute approximate surface area is 182 Å². The molecule has 7 nitrogen and oxygen atoms in total. The van der Waals surface area contributed by atoms with Gasteiger partial charge < -0.3 is 25.3 Å². The molecule has 158 valence electrons. The number of halogens is 2. The summed E-state index contributed by atoms with van der Waals surface area (Å²) >= 11 is 0. The summed E-state index contributed by atoms with van der Waals surface area (Å²) in [6.07, 6.45) is 1.61. The molecule has 2 aliphatic heterocycles. The van der Waals surface area contributed by atoms with Gasteiger partial charge in [0.05, 0.1) is 11.7 Å². The number of pyridine rings is 1. The fourth-order valence-corrected chi connectivity index (χ4v) is 3.37. The minimum atomic E-state index is -0.561. The van der Waals surface area contributed by atoms with Gasteiger partial charge in [0.1, 0.15) is 19.0 Å². The number of nitrogens with zero attached hydrogens (tertiary/aromatic N) is 1. The second-order valence-corrected chi connectivity index (χ2v) is 6.73. The van der Waals surface area contributed by atoms with E-state index in [0.29, 0.717) is 38.0 Å². The molecule has 0 bridgehead atoms. The van der Waals surface area contributed by atoms with Crippen molar-refractivity contribution in [1.82, 2.24) is 4.98 Å². The van der Waals surface area contributed by atoms with Crippen LogP contribution in [-0.4, -0.2) is 43.4 Å². The molecule has 2 aromatic rings. The van der Waals surface area contributed by atoms with E-state index in [0.717, 1.165) is 29.8 Å². The number of hydrogen-bond acceptors (Lipinski definition) is 6. The van der Waals surface area contributed by atoms with Crippen molar-refractivity contribution in [2.24, 2.45) is 11.7 Å². The largest absolute Gasteiger partial charge is 0.486 e. The zero-order valence-electron chi connectivity index (χ0n) is 15.8. The lowest BCUT2D eigenvalue weighted by Crippen LogP contribution is -2.44. The van der Waals surface area contributed by atoms with E-state index in [1.807, 2.05) is 30.3 Å². The van der Waals surface area contributed by atoms with Crippen molar-refractivity contribution >= 4 is 36.5 Å². The number of ether oxygens (including phenoxy) is 3. The maximum atomic E-state index is 12.5. The van der Waals surface area contributed by atoms with Crippen LogP contribution in [0.3, 0.4) is 0 Å². The Morgan fingerprint density at radius 3 is 2.52 bits per heavy atom. The Morgan fingerprint density at radius 2 is 1.76 bits per heavy atom. The molecule has 0 saturated carbocycles. The van der Waals surface area contributed by atoms with Crippen LogP contribution in [0, 0.1) is 5.92 Å². The lowest BCUT2D eigenvalue weighted by Gasteiger charge is -2.26. The number of aromatic nitrogens is 1. The van der Waals surface area contributed by atoms with Crippen LogP contribution in [0.1, 0.15) is 12.8 Å². The fraction of sp³-hybridized carbons (Fsp3) is 0.400. The first-order chi connectivity index (χ1) is 13.2. The maximum absolute atomic E-state index is 12.5. The van der Waals surface area contributed by atoms with Crippen molar-refractivity contribution in [2.75, 3.05) is 31.7 Å². The van der Waals surface area contributed by atoms with Crippen LogP contribution in [0.5, 0.6) is 11.5 Å². The van der Waals surface area contributed by atoms with Crippen LogP contribution in [0.15, 0.2) is 36.4 Å². The molecule has 0 aliphatic carbocycles. The third kappa shape index (κ3) is 5.51. The Kier molecular flexibility index (Phi) is 8.52. The molecule has 2 aliphatic rings. The first-order valence-electron chi connectivity index (χ1n) is 9.22. The molecule has 3 N–H and O–H groups in total. The minimum Gasteiger partial charge on any atom is -0.486 e. The zero-order chi connectivity index (χ0) is 18.6. The lowest BCUT2D eigenvalue weighted by atomic mass is 9.92. The van der Waals surface area contributed by atoms with E-state index in [9.17, 15) is 4.79 Å². The number of nitrogens with two attached hydrogens (primary N) is 1. The van der Waals surface area contributed by atoms with E-state index >= 15 is 0 Å². The normalized spacial score (nSPS) is 16.7. The number of amides is 1. The molecule has 0 radical (unpaired) electrons. The summed E-state index contributed by atoms with van der Waals surface area (Å²) in [6, 6.07) is 10.6. The minimum absolute atomic E-state index is 0. The average molecular weight is 442 g/mol. The highest BCUT2D eigenvalue weighted by atomic mass is 35.5. The average Bonchev–Trinajstić information content (AvgIpc) is 2.73. The van der Waals surface area contributed by atoms with Gasteiger partial charge in [0.25, 0.3) is 0 Å². The molecule has 29 heavy (non-hydrogen) atoms. The van der Waals surface area contributed by atoms with Crippen molar-refractivity contribution in [3.8, 4) is 22.8 Å². The molecule has 1 aromatic carbocycles. The van der Waals surface area contributed by atoms with Crippen LogP contribution < -0.4 is 20.5 Å². The van der Waals surface area contributed by atoms with Crippen molar-refractivity contribution in [1.29, 1.82) is 0 Å². The first-order valence-corrected chi connectivity index (χ1v) is 9.22. The highest BCUT2D eigenvalue weighted by Gasteiger charge is 2.26. The number of hydrogen-bond donors (Lipinski definition) is 2. The second kappa shape index (κ2) is 10.6. The summed E-state index contributed by atoms with van der Waals surface area (Å²) in [5.74, 6) is 1.84. The Balaban J connectivity index is 0.00000150. The van der Waals surface area contributed by atoms with Gasteiger partial charge in [-0.25, -0.2) is 4.98 Å². The van der Waals surface area contributed by atoms with Gasteiger partial charge in [-0.15, -0.1) is 24.8 Å². The van der Waals surface area contributed by atoms with Crippen molar-refractivity contribution in [2.45, 2.75) is 18.9 Å². The number of benzene rings is 1. The molecule has 1 saturated heterocycles. The predicted molar refractivity (Wildman–Crippen MR) is 115 cm³/mol. The molecule has 1 aromatic heterocycles. The summed E-state index contributed by atoms with van der Waals surface area (Å²) in [6.45, 7) is 2.40. The summed E-state index contributed by atoms with van der Waals surface area (Å²) in [4.78, 5) is 17.0. The third-order valence-electron chi connectivity index (χ3n) is 4.91. The standard InChI is InChI=1S/C20H23N3O4.2ClH/c21-19(13-6-8-25-9-7-13)20(24)23-18-3-1-2-15(22-18)14-4-5-16-17(12-14)27-11-10-26-16;;/h1-5,12-13,19H,6-11,21H2,(H,22,23,24);2*1H. The lowest BCUT2D eigenvalue weighted by molar-refractivity contribution is -0.119. The van der Waals surface area contributed by atoms with Crippen LogP contribution in [0.4, 0.5) is 5.82 Å². The second-order valence-electron chi connectivity index (χ2n) is 6.73. The maximum Gasteiger partial charge on any atom is 0.242 e. The van der Waals surface area contributed by atoms with Gasteiger partial charge in [-0.3, -0.25) is 4.79 Å². The van der Waals surface area contributed by atoms with Gasteiger partial charge in [-0.1, -0.05) is 6.07 Å². The van der Waals surface area contributed by atoms with Crippen LogP contribution in [0.2, 0.25) is 0 Å². The Morgan fingerprint density at radius 1 is 1.03 bits per heavy atom. The number of nitrogens with one attached hydrogen (secondary N) is 1. The summed E-state index contributed by atoms with van der Waals surface area (Å²) in [5, 5.41) is 2.84. The van der Waals surface area contributed by atoms with Crippen molar-refractivity contribution < 1.29 is 19.0 Å². The van der Waals surface area contributed by atoms with E-state index in [2.05, 4.69) is 10.3 Å². The van der Waals surface area contributed by atoms with E-state index in [1.54, 1.807) is 6.07 Å². The number of anilines is 1. The summed E-state index contributed by atoms with van der Waals surface area (Å²) in [7, 11) is 0. The SMILES string of the molecule is Cl.Cl.NC(C(=O)Nc1cccc(-c2ccc3c(c2)OCCO3)n1)C1CCOCC1. The Hall–Kier alpha value is -2.06. The van der Waals surface area contributed by atoms with Gasteiger partial charge in [-0.2, -0.15) is 0 Å². The Bertz CT molecular complexity index is 831. The van der Waals surface area contributed by atoms with Crippen LogP contribution in [-0.2, 0) is 9.53 Å². The molecule has 3 heterocycles. The number of rotatable bonds is 4. The van der Waals surface area contributed by atoms with Crippen molar-refractivity contribution in [3.05, 3.63) is 36.4 Å².